The highest BCUT2D eigenvalue weighted by Gasteiger charge is 2.34. The van der Waals surface area contributed by atoms with Gasteiger partial charge in [0.25, 0.3) is 11.8 Å². The number of benzene rings is 1. The molecule has 5 nitrogen and oxygen atoms in total. The van der Waals surface area contributed by atoms with Crippen molar-refractivity contribution in [1.29, 1.82) is 0 Å². The Labute approximate surface area is 146 Å². The number of rotatable bonds is 1. The molecule has 24 heavy (non-hydrogen) atoms. The number of amides is 2. The highest BCUT2D eigenvalue weighted by Crippen LogP contribution is 2.40. The van der Waals surface area contributed by atoms with Crippen LogP contribution in [0.5, 0.6) is 0 Å². The molecule has 1 saturated heterocycles. The number of hydrogen-bond donors (Lipinski definition) is 2. The predicted molar refractivity (Wildman–Crippen MR) is 96.0 cm³/mol. The third-order valence-corrected chi connectivity index (χ3v) is 4.71. The van der Waals surface area contributed by atoms with E-state index in [0.29, 0.717) is 0 Å². The van der Waals surface area contributed by atoms with Crippen molar-refractivity contribution in [2.24, 2.45) is 0 Å². The molecule has 0 saturated carbocycles. The van der Waals surface area contributed by atoms with Crippen LogP contribution in [0.4, 0.5) is 0 Å². The molecule has 2 N–H and O–H groups in total. The molecule has 0 spiro atoms. The first-order valence-electron chi connectivity index (χ1n) is 7.69. The summed E-state index contributed by atoms with van der Waals surface area (Å²) in [6.07, 6.45) is 3.41. The van der Waals surface area contributed by atoms with Gasteiger partial charge in [-0.15, -0.1) is 0 Å². The summed E-state index contributed by atoms with van der Waals surface area (Å²) in [7, 11) is 2.01. The van der Waals surface area contributed by atoms with Gasteiger partial charge in [-0.05, 0) is 35.5 Å². The van der Waals surface area contributed by atoms with E-state index in [9.17, 15) is 9.59 Å². The fourth-order valence-corrected chi connectivity index (χ4v) is 3.53. The van der Waals surface area contributed by atoms with E-state index in [-0.39, 0.29) is 16.1 Å². The van der Waals surface area contributed by atoms with Crippen LogP contribution < -0.4 is 10.6 Å². The highest BCUT2D eigenvalue weighted by molar-refractivity contribution is 7.80. The van der Waals surface area contributed by atoms with Crippen LogP contribution in [0.2, 0.25) is 0 Å². The van der Waals surface area contributed by atoms with E-state index >= 15 is 0 Å². The Balaban J connectivity index is 2.01. The van der Waals surface area contributed by atoms with E-state index in [1.54, 1.807) is 6.08 Å². The molecule has 3 rings (SSSR count). The minimum absolute atomic E-state index is 0.0406. The normalized spacial score (nSPS) is 21.3. The predicted octanol–water partition coefficient (Wildman–Crippen LogP) is 1.75. The second-order valence-corrected chi connectivity index (χ2v) is 6.92. The summed E-state index contributed by atoms with van der Waals surface area (Å²) >= 11 is 4.81. The van der Waals surface area contributed by atoms with E-state index in [1.165, 1.54) is 11.1 Å². The SMILES string of the molecule is CN1Cc2ccccc2C(C)(C)/C1=C\C=C1C(=O)NC(=S)NC1=O. The smallest absolute Gasteiger partial charge is 0.263 e. The topological polar surface area (TPSA) is 61.4 Å². The average molecular weight is 341 g/mol. The van der Waals surface area contributed by atoms with Crippen molar-refractivity contribution in [2.45, 2.75) is 25.8 Å². The number of fused-ring (bicyclic) bond motifs is 1. The van der Waals surface area contributed by atoms with Gasteiger partial charge in [0.15, 0.2) is 5.11 Å². The van der Waals surface area contributed by atoms with Gasteiger partial charge in [-0.3, -0.25) is 20.2 Å². The lowest BCUT2D eigenvalue weighted by Gasteiger charge is -2.42. The molecule has 2 heterocycles. The van der Waals surface area contributed by atoms with Gasteiger partial charge >= 0.3 is 0 Å². The number of nitrogens with zero attached hydrogens (tertiary/aromatic N) is 1. The highest BCUT2D eigenvalue weighted by atomic mass is 32.1. The summed E-state index contributed by atoms with van der Waals surface area (Å²) in [5, 5.41) is 4.93. The summed E-state index contributed by atoms with van der Waals surface area (Å²) in [6.45, 7) is 5.07. The Morgan fingerprint density at radius 3 is 2.42 bits per heavy atom. The molecule has 0 bridgehead atoms. The lowest BCUT2D eigenvalue weighted by molar-refractivity contribution is -0.123. The third kappa shape index (κ3) is 2.73. The average Bonchev–Trinajstić information content (AvgIpc) is 2.49. The summed E-state index contributed by atoms with van der Waals surface area (Å²) < 4.78 is 0. The van der Waals surface area contributed by atoms with Crippen LogP contribution in [0, 0.1) is 0 Å². The molecule has 0 radical (unpaired) electrons. The van der Waals surface area contributed by atoms with E-state index in [4.69, 9.17) is 12.2 Å². The van der Waals surface area contributed by atoms with Crippen LogP contribution in [-0.2, 0) is 21.5 Å². The van der Waals surface area contributed by atoms with Gasteiger partial charge in [0.1, 0.15) is 5.57 Å². The first kappa shape index (κ1) is 16.4. The number of hydrogen-bond acceptors (Lipinski definition) is 4. The van der Waals surface area contributed by atoms with Crippen LogP contribution in [0.25, 0.3) is 0 Å². The van der Waals surface area contributed by atoms with Crippen molar-refractivity contribution in [2.75, 3.05) is 7.05 Å². The molecule has 124 valence electrons. The monoisotopic (exact) mass is 341 g/mol. The maximum absolute atomic E-state index is 12.0. The van der Waals surface area contributed by atoms with Gasteiger partial charge in [0, 0.05) is 24.7 Å². The minimum Gasteiger partial charge on any atom is -0.373 e. The quantitative estimate of drug-likeness (QED) is 0.464. The van der Waals surface area contributed by atoms with Crippen LogP contribution in [-0.4, -0.2) is 28.9 Å². The molecular weight excluding hydrogens is 322 g/mol. The first-order chi connectivity index (χ1) is 11.3. The van der Waals surface area contributed by atoms with Crippen LogP contribution in [0.15, 0.2) is 47.7 Å². The van der Waals surface area contributed by atoms with Crippen molar-refractivity contribution >= 4 is 29.1 Å². The molecule has 0 atom stereocenters. The van der Waals surface area contributed by atoms with E-state index < -0.39 is 11.8 Å². The first-order valence-corrected chi connectivity index (χ1v) is 8.10. The number of nitrogens with one attached hydrogen (secondary N) is 2. The summed E-state index contributed by atoms with van der Waals surface area (Å²) in [5.41, 5.74) is 3.42. The van der Waals surface area contributed by atoms with E-state index in [2.05, 4.69) is 41.5 Å². The fourth-order valence-electron chi connectivity index (χ4n) is 3.35. The van der Waals surface area contributed by atoms with Gasteiger partial charge < -0.3 is 4.90 Å². The zero-order valence-corrected chi connectivity index (χ0v) is 14.7. The maximum atomic E-state index is 12.0. The molecule has 0 aliphatic carbocycles. The van der Waals surface area contributed by atoms with Crippen molar-refractivity contribution in [3.8, 4) is 0 Å². The summed E-state index contributed by atoms with van der Waals surface area (Å²) in [6, 6.07) is 8.33. The molecule has 1 aromatic rings. The Kier molecular flexibility index (Phi) is 4.01. The second kappa shape index (κ2) is 5.87. The number of likely N-dealkylation sites (N-methyl/N-ethyl adjacent to an activating group) is 1. The maximum Gasteiger partial charge on any atom is 0.263 e. The van der Waals surface area contributed by atoms with Gasteiger partial charge in [0.2, 0.25) is 0 Å². The Morgan fingerprint density at radius 1 is 1.12 bits per heavy atom. The van der Waals surface area contributed by atoms with Crippen molar-refractivity contribution in [1.82, 2.24) is 15.5 Å². The molecule has 0 unspecified atom stereocenters. The molecule has 2 amide bonds. The molecular formula is C18H19N3O2S. The fraction of sp³-hybridized carbons (Fsp3) is 0.278. The number of carbonyl (C=O) groups is 2. The molecule has 6 heteroatoms. The van der Waals surface area contributed by atoms with E-state index in [1.807, 2.05) is 25.3 Å². The van der Waals surface area contributed by atoms with Crippen molar-refractivity contribution < 1.29 is 9.59 Å². The molecule has 1 fully saturated rings. The zero-order chi connectivity index (χ0) is 17.5. The van der Waals surface area contributed by atoms with Gasteiger partial charge in [-0.25, -0.2) is 0 Å². The Morgan fingerprint density at radius 2 is 1.75 bits per heavy atom. The third-order valence-electron chi connectivity index (χ3n) is 4.50. The van der Waals surface area contributed by atoms with Crippen LogP contribution in [0.1, 0.15) is 25.0 Å². The lowest BCUT2D eigenvalue weighted by Crippen LogP contribution is -2.51. The van der Waals surface area contributed by atoms with Crippen LogP contribution in [0.3, 0.4) is 0 Å². The molecule has 2 aliphatic rings. The Hall–Kier alpha value is -2.47. The zero-order valence-electron chi connectivity index (χ0n) is 13.8. The number of thiocarbonyl (C=S) groups is 1. The number of carbonyl (C=O) groups excluding carboxylic acids is 2. The molecule has 0 aromatic heterocycles. The van der Waals surface area contributed by atoms with Gasteiger partial charge in [-0.2, -0.15) is 0 Å². The summed E-state index contributed by atoms with van der Waals surface area (Å²) in [4.78, 5) is 26.1. The Bertz CT molecular complexity index is 786. The largest absolute Gasteiger partial charge is 0.373 e. The second-order valence-electron chi connectivity index (χ2n) is 6.51. The summed E-state index contributed by atoms with van der Waals surface area (Å²) in [5.74, 6) is -0.950. The van der Waals surface area contributed by atoms with Gasteiger partial charge in [-0.1, -0.05) is 38.1 Å². The lowest BCUT2D eigenvalue weighted by atomic mass is 9.75. The van der Waals surface area contributed by atoms with E-state index in [0.717, 1.165) is 12.2 Å². The van der Waals surface area contributed by atoms with Crippen molar-refractivity contribution in [3.63, 3.8) is 0 Å². The molecule has 2 aliphatic heterocycles. The van der Waals surface area contributed by atoms with Crippen LogP contribution >= 0.6 is 12.2 Å². The molecule has 1 aromatic carbocycles. The number of allylic oxidation sites excluding steroid dienone is 3. The van der Waals surface area contributed by atoms with Crippen molar-refractivity contribution in [3.05, 3.63) is 58.8 Å². The minimum atomic E-state index is -0.475. The standard InChI is InChI=1S/C18H19N3O2S/c1-18(2)13-7-5-4-6-11(13)10-21(3)14(18)9-8-12-15(22)19-17(24)20-16(12)23/h4-9H,10H2,1-3H3,(H2,19,20,22,23,24)/b14-9+. The van der Waals surface area contributed by atoms with Gasteiger partial charge in [0.05, 0.1) is 0 Å².